The highest BCUT2D eigenvalue weighted by atomic mass is 16.5. The van der Waals surface area contributed by atoms with Crippen LogP contribution in [-0.4, -0.2) is 35.6 Å². The average Bonchev–Trinajstić information content (AvgIpc) is 3.39. The number of hydrogen-bond acceptors (Lipinski definition) is 5. The summed E-state index contributed by atoms with van der Waals surface area (Å²) < 4.78 is 13.2. The Morgan fingerprint density at radius 2 is 1.43 bits per heavy atom. The van der Waals surface area contributed by atoms with Gasteiger partial charge in [-0.1, -0.05) is 38.1 Å². The third-order valence-corrected chi connectivity index (χ3v) is 7.91. The summed E-state index contributed by atoms with van der Waals surface area (Å²) in [5, 5.41) is 0. The number of methoxy groups -OCH3 is 1. The Morgan fingerprint density at radius 3 is 2.00 bits per heavy atom. The van der Waals surface area contributed by atoms with E-state index >= 15 is 0 Å². The van der Waals surface area contributed by atoms with E-state index in [0.29, 0.717) is 53.1 Å². The van der Waals surface area contributed by atoms with Gasteiger partial charge in [0.1, 0.15) is 17.4 Å². The first-order valence-electron chi connectivity index (χ1n) is 13.6. The molecule has 6 nitrogen and oxygen atoms in total. The fraction of sp³-hybridized carbons (Fsp3) is 0.265. The number of rotatable bonds is 6. The number of carbonyl (C=O) groups excluding carboxylic acids is 3. The molecule has 0 saturated carbocycles. The van der Waals surface area contributed by atoms with Crippen molar-refractivity contribution in [2.24, 2.45) is 5.41 Å². The molecule has 40 heavy (non-hydrogen) atoms. The van der Waals surface area contributed by atoms with E-state index in [9.17, 15) is 14.4 Å². The molecule has 0 unspecified atom stereocenters. The number of ether oxygens (including phenoxy) is 2. The van der Waals surface area contributed by atoms with Crippen LogP contribution < -0.4 is 9.47 Å². The Morgan fingerprint density at radius 1 is 0.825 bits per heavy atom. The van der Waals surface area contributed by atoms with Crippen molar-refractivity contribution in [3.05, 3.63) is 101 Å². The number of aromatic nitrogens is 1. The Balaban J connectivity index is 1.69. The molecule has 0 aliphatic heterocycles. The van der Waals surface area contributed by atoms with Gasteiger partial charge in [0.15, 0.2) is 17.3 Å². The van der Waals surface area contributed by atoms with Gasteiger partial charge in [0.05, 0.1) is 19.4 Å². The second-order valence-corrected chi connectivity index (χ2v) is 11.2. The van der Waals surface area contributed by atoms with Crippen LogP contribution in [0.2, 0.25) is 0 Å². The van der Waals surface area contributed by atoms with Crippen molar-refractivity contribution in [2.75, 3.05) is 13.7 Å². The fourth-order valence-corrected chi connectivity index (χ4v) is 6.22. The quantitative estimate of drug-likeness (QED) is 0.253. The Hall–Kier alpha value is -4.45. The molecule has 0 atom stereocenters. The Bertz CT molecular complexity index is 1620. The minimum atomic E-state index is -1.09. The van der Waals surface area contributed by atoms with Gasteiger partial charge in [0.2, 0.25) is 0 Å². The van der Waals surface area contributed by atoms with E-state index in [0.717, 1.165) is 22.7 Å². The lowest BCUT2D eigenvalue weighted by atomic mass is 9.74. The predicted octanol–water partition coefficient (Wildman–Crippen LogP) is 6.87. The molecule has 202 valence electrons. The van der Waals surface area contributed by atoms with Crippen molar-refractivity contribution in [3.8, 4) is 28.4 Å². The molecule has 2 aliphatic carbocycles. The zero-order chi connectivity index (χ0) is 28.2. The molecule has 6 heteroatoms. The number of nitrogens with zero attached hydrogens (tertiary/aromatic N) is 1. The fourth-order valence-electron chi connectivity index (χ4n) is 6.22. The van der Waals surface area contributed by atoms with E-state index in [1.165, 1.54) is 0 Å². The zero-order valence-electron chi connectivity index (χ0n) is 23.1. The molecule has 0 radical (unpaired) electrons. The van der Waals surface area contributed by atoms with Crippen LogP contribution in [0.4, 0.5) is 0 Å². The van der Waals surface area contributed by atoms with Crippen LogP contribution in [0.5, 0.6) is 11.5 Å². The highest BCUT2D eigenvalue weighted by molar-refractivity contribution is 6.31. The van der Waals surface area contributed by atoms with E-state index < -0.39 is 5.92 Å². The molecule has 3 aromatic carbocycles. The van der Waals surface area contributed by atoms with Gasteiger partial charge in [-0.25, -0.2) is 0 Å². The highest BCUT2D eigenvalue weighted by Gasteiger charge is 2.47. The summed E-state index contributed by atoms with van der Waals surface area (Å²) in [5.74, 6) is -0.229. The molecule has 4 aromatic rings. The maximum Gasteiger partial charge on any atom is 0.178 e. The summed E-state index contributed by atoms with van der Waals surface area (Å²) in [4.78, 5) is 41.7. The molecule has 6 rings (SSSR count). The lowest BCUT2D eigenvalue weighted by molar-refractivity contribution is 0.0888. The Labute approximate surface area is 233 Å². The van der Waals surface area contributed by atoms with Crippen molar-refractivity contribution < 1.29 is 23.9 Å². The summed E-state index contributed by atoms with van der Waals surface area (Å²) in [6.07, 6.45) is 0.955. The van der Waals surface area contributed by atoms with Crippen LogP contribution in [0.3, 0.4) is 0 Å². The molecule has 0 amide bonds. The second kappa shape index (κ2) is 9.63. The topological polar surface area (TPSA) is 74.6 Å². The SMILES string of the molecule is CCOc1ccc(-n2c3c(c(C4C(=O)c5ccccc5C4=O)c2-c2ccc(OC)cc2)C(=O)CC(C)(C)C3)cc1. The maximum atomic E-state index is 14.0. The van der Waals surface area contributed by atoms with E-state index in [1.54, 1.807) is 31.4 Å². The first kappa shape index (κ1) is 25.8. The van der Waals surface area contributed by atoms with Crippen LogP contribution in [0.15, 0.2) is 72.8 Å². The number of benzene rings is 3. The number of hydrogen-bond donors (Lipinski definition) is 0. The van der Waals surface area contributed by atoms with Crippen molar-refractivity contribution >= 4 is 17.3 Å². The Kier molecular flexibility index (Phi) is 6.21. The average molecular weight is 534 g/mol. The first-order valence-corrected chi connectivity index (χ1v) is 13.6. The monoisotopic (exact) mass is 533 g/mol. The predicted molar refractivity (Wildman–Crippen MR) is 153 cm³/mol. The van der Waals surface area contributed by atoms with Crippen molar-refractivity contribution in [3.63, 3.8) is 0 Å². The minimum absolute atomic E-state index is 0.0442. The normalized spacial score (nSPS) is 16.1. The third kappa shape index (κ3) is 4.06. The van der Waals surface area contributed by atoms with Gasteiger partial charge < -0.3 is 14.0 Å². The smallest absolute Gasteiger partial charge is 0.178 e. The molecular weight excluding hydrogens is 502 g/mol. The maximum absolute atomic E-state index is 14.0. The van der Waals surface area contributed by atoms with Gasteiger partial charge in [-0.3, -0.25) is 14.4 Å². The van der Waals surface area contributed by atoms with Crippen LogP contribution in [0.1, 0.15) is 75.4 Å². The van der Waals surface area contributed by atoms with Crippen molar-refractivity contribution in [1.82, 2.24) is 4.57 Å². The molecule has 2 aliphatic rings. The number of fused-ring (bicyclic) bond motifs is 2. The van der Waals surface area contributed by atoms with Crippen LogP contribution in [0.25, 0.3) is 16.9 Å². The van der Waals surface area contributed by atoms with Gasteiger partial charge in [-0.15, -0.1) is 0 Å². The lowest BCUT2D eigenvalue weighted by Gasteiger charge is -2.30. The molecular formula is C34H31NO5. The van der Waals surface area contributed by atoms with Crippen molar-refractivity contribution in [2.45, 2.75) is 39.5 Å². The van der Waals surface area contributed by atoms with Crippen molar-refractivity contribution in [1.29, 1.82) is 0 Å². The van der Waals surface area contributed by atoms with E-state index in [2.05, 4.69) is 18.4 Å². The van der Waals surface area contributed by atoms with Gasteiger partial charge in [0.25, 0.3) is 0 Å². The molecule has 1 aromatic heterocycles. The number of ketones is 3. The third-order valence-electron chi connectivity index (χ3n) is 7.91. The van der Waals surface area contributed by atoms with Gasteiger partial charge >= 0.3 is 0 Å². The molecule has 0 saturated heterocycles. The summed E-state index contributed by atoms with van der Waals surface area (Å²) in [6.45, 7) is 6.65. The zero-order valence-corrected chi connectivity index (χ0v) is 23.1. The minimum Gasteiger partial charge on any atom is -0.497 e. The lowest BCUT2D eigenvalue weighted by Crippen LogP contribution is -2.29. The second-order valence-electron chi connectivity index (χ2n) is 11.2. The summed E-state index contributed by atoms with van der Waals surface area (Å²) in [7, 11) is 1.61. The van der Waals surface area contributed by atoms with E-state index in [1.807, 2.05) is 55.5 Å². The standard InChI is InChI=1S/C34H31NO5/c1-5-40-23-16-12-21(13-17-23)35-26-18-34(2,3)19-27(36)28(26)29(31(35)20-10-14-22(39-4)15-11-20)30-32(37)24-8-6-7-9-25(24)33(30)38/h6-17,30H,5,18-19H2,1-4H3. The summed E-state index contributed by atoms with van der Waals surface area (Å²) in [6, 6.07) is 22.2. The molecule has 1 heterocycles. The van der Waals surface area contributed by atoms with E-state index in [-0.39, 0.29) is 22.8 Å². The van der Waals surface area contributed by atoms with Gasteiger partial charge in [-0.05, 0) is 72.9 Å². The summed E-state index contributed by atoms with van der Waals surface area (Å²) in [5.41, 5.74) is 4.66. The molecule has 0 fully saturated rings. The highest BCUT2D eigenvalue weighted by Crippen LogP contribution is 2.48. The molecule has 0 bridgehead atoms. The summed E-state index contributed by atoms with van der Waals surface area (Å²) >= 11 is 0. The van der Waals surface area contributed by atoms with Crippen LogP contribution in [0, 0.1) is 5.41 Å². The first-order chi connectivity index (χ1) is 19.2. The number of carbonyl (C=O) groups is 3. The van der Waals surface area contributed by atoms with Crippen LogP contribution >= 0.6 is 0 Å². The largest absolute Gasteiger partial charge is 0.497 e. The van der Waals surface area contributed by atoms with Gasteiger partial charge in [0, 0.05) is 40.1 Å². The molecule has 0 N–H and O–H groups in total. The number of Topliss-reactive ketones (excluding diaryl/α,β-unsaturated/α-hetero) is 3. The van der Waals surface area contributed by atoms with Gasteiger partial charge in [-0.2, -0.15) is 0 Å². The van der Waals surface area contributed by atoms with Crippen LogP contribution in [-0.2, 0) is 6.42 Å². The van der Waals surface area contributed by atoms with E-state index in [4.69, 9.17) is 9.47 Å². The molecule has 0 spiro atoms.